The van der Waals surface area contributed by atoms with Crippen LogP contribution in [0.5, 0.6) is 0 Å². The third-order valence-electron chi connectivity index (χ3n) is 4.47. The van der Waals surface area contributed by atoms with Crippen LogP contribution in [0.3, 0.4) is 0 Å². The average molecular weight is 548 g/mol. The van der Waals surface area contributed by atoms with Crippen molar-refractivity contribution in [2.24, 2.45) is 0 Å². The molecule has 1 aliphatic rings. The standard InChI is InChI=1S/C18H15F2IN4O2S2/c1-2-7-25(29(26,27)11-4-5-11)14-9-15-18(23-24-28-15)16(20)17(14)22-13-6-3-10(21)8-12(13)19/h2-3,6,8-9,11,22H,1,4-5,7H2. The van der Waals surface area contributed by atoms with Gasteiger partial charge in [0.25, 0.3) is 0 Å². The van der Waals surface area contributed by atoms with Crippen LogP contribution in [-0.4, -0.2) is 29.8 Å². The smallest absolute Gasteiger partial charge is 0.238 e. The Morgan fingerprint density at radius 2 is 2.10 bits per heavy atom. The van der Waals surface area contributed by atoms with Gasteiger partial charge >= 0.3 is 0 Å². The van der Waals surface area contributed by atoms with Crippen LogP contribution in [0, 0.1) is 15.2 Å². The van der Waals surface area contributed by atoms with E-state index in [1.54, 1.807) is 6.07 Å². The summed E-state index contributed by atoms with van der Waals surface area (Å²) in [7, 11) is -3.72. The van der Waals surface area contributed by atoms with Gasteiger partial charge in [-0.2, -0.15) is 0 Å². The zero-order chi connectivity index (χ0) is 20.8. The van der Waals surface area contributed by atoms with Crippen LogP contribution in [0.25, 0.3) is 10.2 Å². The molecular formula is C18H15F2IN4O2S2. The zero-order valence-electron chi connectivity index (χ0n) is 14.9. The van der Waals surface area contributed by atoms with Gasteiger partial charge in [0.1, 0.15) is 17.0 Å². The minimum absolute atomic E-state index is 0.00505. The van der Waals surface area contributed by atoms with E-state index in [1.165, 1.54) is 24.3 Å². The number of anilines is 3. The predicted molar refractivity (Wildman–Crippen MR) is 119 cm³/mol. The molecule has 11 heteroatoms. The predicted octanol–water partition coefficient (Wildman–Crippen LogP) is 4.80. The summed E-state index contributed by atoms with van der Waals surface area (Å²) in [5, 5.41) is 6.00. The molecule has 4 rings (SSSR count). The van der Waals surface area contributed by atoms with Crippen LogP contribution < -0.4 is 9.62 Å². The van der Waals surface area contributed by atoms with E-state index in [9.17, 15) is 12.8 Å². The summed E-state index contributed by atoms with van der Waals surface area (Å²) in [5.41, 5.74) is -0.0767. The fourth-order valence-electron chi connectivity index (χ4n) is 2.92. The van der Waals surface area contributed by atoms with Crippen molar-refractivity contribution < 1.29 is 17.2 Å². The van der Waals surface area contributed by atoms with Crippen molar-refractivity contribution in [1.29, 1.82) is 0 Å². The summed E-state index contributed by atoms with van der Waals surface area (Å²) >= 11 is 2.92. The maximum absolute atomic E-state index is 15.3. The molecule has 6 nitrogen and oxygen atoms in total. The second-order valence-corrected chi connectivity index (χ2v) is 10.7. The molecule has 1 heterocycles. The highest BCUT2D eigenvalue weighted by Crippen LogP contribution is 2.41. The van der Waals surface area contributed by atoms with E-state index in [4.69, 9.17) is 0 Å². The monoisotopic (exact) mass is 548 g/mol. The minimum Gasteiger partial charge on any atom is -0.349 e. The summed E-state index contributed by atoms with van der Waals surface area (Å²) in [6, 6.07) is 5.94. The molecule has 1 aliphatic carbocycles. The number of nitrogens with zero attached hydrogens (tertiary/aromatic N) is 3. The van der Waals surface area contributed by atoms with Gasteiger partial charge in [0.2, 0.25) is 10.0 Å². The van der Waals surface area contributed by atoms with E-state index in [-0.39, 0.29) is 29.1 Å². The second-order valence-electron chi connectivity index (χ2n) is 6.52. The third kappa shape index (κ3) is 3.82. The minimum atomic E-state index is -3.72. The van der Waals surface area contributed by atoms with E-state index in [0.29, 0.717) is 21.1 Å². The molecule has 0 bridgehead atoms. The number of hydrogen-bond donors (Lipinski definition) is 1. The van der Waals surface area contributed by atoms with Crippen molar-refractivity contribution >= 4 is 71.4 Å². The summed E-state index contributed by atoms with van der Waals surface area (Å²) in [5.74, 6) is -1.37. The quantitative estimate of drug-likeness (QED) is 0.339. The number of benzene rings is 2. The zero-order valence-corrected chi connectivity index (χ0v) is 18.7. The first-order valence-electron chi connectivity index (χ1n) is 8.62. The number of nitrogens with one attached hydrogen (secondary N) is 1. The maximum Gasteiger partial charge on any atom is 0.238 e. The van der Waals surface area contributed by atoms with Gasteiger partial charge in [-0.15, -0.1) is 11.7 Å². The van der Waals surface area contributed by atoms with E-state index >= 15 is 4.39 Å². The molecule has 2 aromatic carbocycles. The summed E-state index contributed by atoms with van der Waals surface area (Å²) < 4.78 is 61.7. The van der Waals surface area contributed by atoms with E-state index in [2.05, 4.69) is 21.5 Å². The van der Waals surface area contributed by atoms with E-state index in [0.717, 1.165) is 15.8 Å². The molecule has 0 atom stereocenters. The van der Waals surface area contributed by atoms with E-state index in [1.807, 2.05) is 22.6 Å². The molecule has 1 N–H and O–H groups in total. The Morgan fingerprint density at radius 1 is 1.34 bits per heavy atom. The summed E-state index contributed by atoms with van der Waals surface area (Å²) in [6.45, 7) is 3.59. The highest BCUT2D eigenvalue weighted by Gasteiger charge is 2.41. The van der Waals surface area contributed by atoms with Crippen molar-refractivity contribution in [3.63, 3.8) is 0 Å². The van der Waals surface area contributed by atoms with Crippen LogP contribution >= 0.6 is 34.1 Å². The number of hydrogen-bond acceptors (Lipinski definition) is 6. The number of rotatable bonds is 7. The fourth-order valence-corrected chi connectivity index (χ4v) is 5.78. The van der Waals surface area contributed by atoms with Crippen LogP contribution in [0.2, 0.25) is 0 Å². The highest BCUT2D eigenvalue weighted by molar-refractivity contribution is 14.1. The Balaban J connectivity index is 1.91. The average Bonchev–Trinajstić information content (AvgIpc) is 3.43. The largest absolute Gasteiger partial charge is 0.349 e. The van der Waals surface area contributed by atoms with Crippen LogP contribution in [0.1, 0.15) is 12.8 Å². The number of fused-ring (bicyclic) bond motifs is 1. The number of halogens is 3. The Bertz CT molecular complexity index is 1210. The topological polar surface area (TPSA) is 75.2 Å². The van der Waals surface area contributed by atoms with Crippen LogP contribution in [-0.2, 0) is 10.0 Å². The van der Waals surface area contributed by atoms with Gasteiger partial charge in [0.05, 0.1) is 27.9 Å². The van der Waals surface area contributed by atoms with Gasteiger partial charge in [-0.05, 0) is 71.2 Å². The Kier molecular flexibility index (Phi) is 5.46. The maximum atomic E-state index is 15.3. The lowest BCUT2D eigenvalue weighted by Gasteiger charge is -2.26. The summed E-state index contributed by atoms with van der Waals surface area (Å²) in [4.78, 5) is 0. The first-order chi connectivity index (χ1) is 13.8. The molecule has 0 unspecified atom stereocenters. The first kappa shape index (κ1) is 20.4. The lowest BCUT2D eigenvalue weighted by atomic mass is 10.2. The second kappa shape index (κ2) is 7.76. The third-order valence-corrected chi connectivity index (χ3v) is 8.09. The molecule has 152 valence electrons. The lowest BCUT2D eigenvalue weighted by Crippen LogP contribution is -2.34. The van der Waals surface area contributed by atoms with Gasteiger partial charge in [0.15, 0.2) is 5.82 Å². The van der Waals surface area contributed by atoms with Gasteiger partial charge in [-0.1, -0.05) is 10.6 Å². The Labute approximate surface area is 184 Å². The van der Waals surface area contributed by atoms with Gasteiger partial charge < -0.3 is 5.32 Å². The Morgan fingerprint density at radius 3 is 2.76 bits per heavy atom. The van der Waals surface area contributed by atoms with Gasteiger partial charge in [0, 0.05) is 3.57 Å². The van der Waals surface area contributed by atoms with Crippen LogP contribution in [0.4, 0.5) is 25.8 Å². The normalized spacial score (nSPS) is 14.2. The molecule has 1 aromatic heterocycles. The molecule has 1 fully saturated rings. The molecule has 0 saturated heterocycles. The molecule has 0 aliphatic heterocycles. The van der Waals surface area contributed by atoms with E-state index < -0.39 is 26.9 Å². The first-order valence-corrected chi connectivity index (χ1v) is 12.0. The number of sulfonamides is 1. The molecule has 29 heavy (non-hydrogen) atoms. The van der Waals surface area contributed by atoms with Crippen molar-refractivity contribution in [2.75, 3.05) is 16.2 Å². The molecule has 0 spiro atoms. The van der Waals surface area contributed by atoms with Gasteiger partial charge in [-0.25, -0.2) is 17.2 Å². The van der Waals surface area contributed by atoms with Gasteiger partial charge in [-0.3, -0.25) is 4.31 Å². The Hall–Kier alpha value is -1.86. The molecular weight excluding hydrogens is 533 g/mol. The van der Waals surface area contributed by atoms with Crippen LogP contribution in [0.15, 0.2) is 36.9 Å². The fraction of sp³-hybridized carbons (Fsp3) is 0.222. The molecule has 1 saturated carbocycles. The van der Waals surface area contributed by atoms with Crippen molar-refractivity contribution in [3.05, 3.63) is 52.1 Å². The van der Waals surface area contributed by atoms with Crippen molar-refractivity contribution in [3.8, 4) is 0 Å². The lowest BCUT2D eigenvalue weighted by molar-refractivity contribution is 0.591. The molecule has 3 aromatic rings. The van der Waals surface area contributed by atoms with Crippen molar-refractivity contribution in [2.45, 2.75) is 18.1 Å². The highest BCUT2D eigenvalue weighted by atomic mass is 127. The SMILES string of the molecule is C=CCN(c1cc2snnc2c(F)c1Nc1ccc(I)cc1F)S(=O)(=O)C1CC1. The molecule has 0 radical (unpaired) electrons. The number of aromatic nitrogens is 2. The van der Waals surface area contributed by atoms with Crippen molar-refractivity contribution in [1.82, 2.24) is 9.59 Å². The molecule has 0 amide bonds. The summed E-state index contributed by atoms with van der Waals surface area (Å²) in [6.07, 6.45) is 2.54.